The smallest absolute Gasteiger partial charge is 0.354 e. The van der Waals surface area contributed by atoms with Crippen LogP contribution >= 0.6 is 0 Å². The van der Waals surface area contributed by atoms with E-state index >= 15 is 0 Å². The van der Waals surface area contributed by atoms with E-state index in [1.165, 1.54) is 25.7 Å². The van der Waals surface area contributed by atoms with E-state index in [2.05, 4.69) is 17.5 Å². The van der Waals surface area contributed by atoms with Gasteiger partial charge in [0.05, 0.1) is 6.61 Å². The highest BCUT2D eigenvalue weighted by molar-refractivity contribution is 6.35. The summed E-state index contributed by atoms with van der Waals surface area (Å²) in [6.45, 7) is 6.85. The van der Waals surface area contributed by atoms with Crippen LogP contribution in [-0.4, -0.2) is 24.8 Å². The molecule has 4 nitrogen and oxygen atoms in total. The van der Waals surface area contributed by atoms with Crippen molar-refractivity contribution in [1.29, 1.82) is 0 Å². The summed E-state index contributed by atoms with van der Waals surface area (Å²) in [4.78, 5) is 11.2. The number of carbonyl (C=O) groups is 1. The van der Waals surface area contributed by atoms with Crippen LogP contribution in [0.3, 0.4) is 0 Å². The number of hydrazone groups is 1. The topological polar surface area (TPSA) is 50.7 Å². The van der Waals surface area contributed by atoms with E-state index in [-0.39, 0.29) is 5.97 Å². The molecule has 0 rings (SSSR count). The molecule has 94 valence electrons. The summed E-state index contributed by atoms with van der Waals surface area (Å²) < 4.78 is 4.80. The number of carbonyl (C=O) groups excluding carboxylic acids is 1. The summed E-state index contributed by atoms with van der Waals surface area (Å²) >= 11 is 0. The third kappa shape index (κ3) is 8.26. The number of unbranched alkanes of at least 4 members (excludes halogenated alkanes) is 4. The van der Waals surface area contributed by atoms with Gasteiger partial charge in [-0.05, 0) is 20.3 Å². The zero-order valence-electron chi connectivity index (χ0n) is 10.7. The second-order valence-corrected chi connectivity index (χ2v) is 3.74. The van der Waals surface area contributed by atoms with Crippen LogP contribution < -0.4 is 5.43 Å². The molecule has 16 heavy (non-hydrogen) atoms. The molecule has 0 aliphatic heterocycles. The van der Waals surface area contributed by atoms with E-state index in [1.807, 2.05) is 0 Å². The molecule has 0 fully saturated rings. The van der Waals surface area contributed by atoms with Crippen LogP contribution in [0.5, 0.6) is 0 Å². The molecule has 0 unspecified atom stereocenters. The SMILES string of the molecule is CCCCCCCN/N=C(\C)C(=O)OCC. The highest BCUT2D eigenvalue weighted by atomic mass is 16.5. The Morgan fingerprint density at radius 1 is 1.19 bits per heavy atom. The van der Waals surface area contributed by atoms with Crippen molar-refractivity contribution < 1.29 is 9.53 Å². The molecule has 0 heterocycles. The van der Waals surface area contributed by atoms with Crippen molar-refractivity contribution >= 4 is 11.7 Å². The Hall–Kier alpha value is -1.06. The molecule has 0 aromatic heterocycles. The van der Waals surface area contributed by atoms with Gasteiger partial charge >= 0.3 is 5.97 Å². The molecule has 1 N–H and O–H groups in total. The van der Waals surface area contributed by atoms with Gasteiger partial charge in [-0.3, -0.25) is 0 Å². The molecule has 0 spiro atoms. The number of esters is 1. The third-order valence-electron chi connectivity index (χ3n) is 2.21. The lowest BCUT2D eigenvalue weighted by molar-refractivity contribution is -0.135. The van der Waals surface area contributed by atoms with Crippen molar-refractivity contribution in [3.63, 3.8) is 0 Å². The summed E-state index contributed by atoms with van der Waals surface area (Å²) in [5.74, 6) is -0.346. The molecule has 0 atom stereocenters. The maximum absolute atomic E-state index is 11.2. The minimum atomic E-state index is -0.346. The lowest BCUT2D eigenvalue weighted by Crippen LogP contribution is -2.19. The molecule has 0 aromatic rings. The van der Waals surface area contributed by atoms with Crippen molar-refractivity contribution in [1.82, 2.24) is 5.43 Å². The van der Waals surface area contributed by atoms with Gasteiger partial charge in [-0.2, -0.15) is 5.10 Å². The first-order chi connectivity index (χ1) is 7.72. The van der Waals surface area contributed by atoms with Gasteiger partial charge in [0.1, 0.15) is 5.71 Å². The van der Waals surface area contributed by atoms with Gasteiger partial charge in [-0.25, -0.2) is 4.79 Å². The van der Waals surface area contributed by atoms with Crippen LogP contribution in [0.2, 0.25) is 0 Å². The highest BCUT2D eigenvalue weighted by Crippen LogP contribution is 2.00. The zero-order valence-corrected chi connectivity index (χ0v) is 10.7. The molecule has 0 aliphatic rings. The lowest BCUT2D eigenvalue weighted by atomic mass is 10.2. The number of hydrogen-bond acceptors (Lipinski definition) is 4. The predicted molar refractivity (Wildman–Crippen MR) is 66.5 cm³/mol. The Kier molecular flexibility index (Phi) is 9.76. The molecule has 0 aromatic carbocycles. The minimum Gasteiger partial charge on any atom is -0.461 e. The number of hydrogen-bond donors (Lipinski definition) is 1. The van der Waals surface area contributed by atoms with E-state index in [0.29, 0.717) is 12.3 Å². The second kappa shape index (κ2) is 10.5. The summed E-state index contributed by atoms with van der Waals surface area (Å²) in [6.07, 6.45) is 6.14. The van der Waals surface area contributed by atoms with Crippen LogP contribution in [-0.2, 0) is 9.53 Å². The van der Waals surface area contributed by atoms with Gasteiger partial charge in [-0.15, -0.1) is 0 Å². The van der Waals surface area contributed by atoms with Gasteiger partial charge in [0.15, 0.2) is 0 Å². The molecular weight excluding hydrogens is 204 g/mol. The summed E-state index contributed by atoms with van der Waals surface area (Å²) in [6, 6.07) is 0. The van der Waals surface area contributed by atoms with Crippen LogP contribution in [0.25, 0.3) is 0 Å². The van der Waals surface area contributed by atoms with Crippen LogP contribution in [0.4, 0.5) is 0 Å². The summed E-state index contributed by atoms with van der Waals surface area (Å²) in [5.41, 5.74) is 3.27. The molecule has 0 aliphatic carbocycles. The van der Waals surface area contributed by atoms with Gasteiger partial charge in [0.2, 0.25) is 0 Å². The molecule has 0 radical (unpaired) electrons. The molecule has 0 saturated heterocycles. The van der Waals surface area contributed by atoms with Crippen molar-refractivity contribution in [3.05, 3.63) is 0 Å². The molecule has 4 heteroatoms. The summed E-state index contributed by atoms with van der Waals surface area (Å²) in [7, 11) is 0. The van der Waals surface area contributed by atoms with E-state index < -0.39 is 0 Å². The maximum atomic E-state index is 11.2. The maximum Gasteiger partial charge on any atom is 0.354 e. The van der Waals surface area contributed by atoms with E-state index in [9.17, 15) is 4.79 Å². The Balaban J connectivity index is 3.47. The monoisotopic (exact) mass is 228 g/mol. The van der Waals surface area contributed by atoms with Crippen molar-refractivity contribution in [2.45, 2.75) is 52.9 Å². The fourth-order valence-electron chi connectivity index (χ4n) is 1.26. The van der Waals surface area contributed by atoms with E-state index in [0.717, 1.165) is 13.0 Å². The van der Waals surface area contributed by atoms with Gasteiger partial charge in [0, 0.05) is 6.54 Å². The Morgan fingerprint density at radius 2 is 1.88 bits per heavy atom. The van der Waals surface area contributed by atoms with Crippen molar-refractivity contribution in [3.8, 4) is 0 Å². The second-order valence-electron chi connectivity index (χ2n) is 3.74. The average Bonchev–Trinajstić information content (AvgIpc) is 2.28. The first kappa shape index (κ1) is 14.9. The number of nitrogens with zero attached hydrogens (tertiary/aromatic N) is 1. The van der Waals surface area contributed by atoms with Gasteiger partial charge in [-0.1, -0.05) is 32.6 Å². The quantitative estimate of drug-likeness (QED) is 0.285. The Labute approximate surface area is 98.4 Å². The standard InChI is InChI=1S/C12H24N2O2/c1-4-6-7-8-9-10-13-14-11(3)12(15)16-5-2/h13H,4-10H2,1-3H3/b14-11+. The minimum absolute atomic E-state index is 0.346. The fourth-order valence-corrected chi connectivity index (χ4v) is 1.26. The average molecular weight is 228 g/mol. The highest BCUT2D eigenvalue weighted by Gasteiger charge is 2.04. The number of rotatable bonds is 9. The van der Waals surface area contributed by atoms with E-state index in [4.69, 9.17) is 4.74 Å². The first-order valence-corrected chi connectivity index (χ1v) is 6.16. The van der Waals surface area contributed by atoms with Crippen LogP contribution in [0, 0.1) is 0 Å². The predicted octanol–water partition coefficient (Wildman–Crippen LogP) is 2.49. The molecular formula is C12H24N2O2. The number of ether oxygens (including phenoxy) is 1. The largest absolute Gasteiger partial charge is 0.461 e. The number of nitrogens with one attached hydrogen (secondary N) is 1. The zero-order chi connectivity index (χ0) is 12.2. The Morgan fingerprint density at radius 3 is 2.50 bits per heavy atom. The van der Waals surface area contributed by atoms with Crippen molar-refractivity contribution in [2.24, 2.45) is 5.10 Å². The van der Waals surface area contributed by atoms with Crippen LogP contribution in [0.15, 0.2) is 5.10 Å². The van der Waals surface area contributed by atoms with Gasteiger partial charge in [0.25, 0.3) is 0 Å². The normalized spacial score (nSPS) is 11.3. The fraction of sp³-hybridized carbons (Fsp3) is 0.833. The van der Waals surface area contributed by atoms with Crippen LogP contribution in [0.1, 0.15) is 52.9 Å². The lowest BCUT2D eigenvalue weighted by Gasteiger charge is -2.03. The summed E-state index contributed by atoms with van der Waals surface area (Å²) in [5, 5.41) is 3.95. The van der Waals surface area contributed by atoms with E-state index in [1.54, 1.807) is 13.8 Å². The molecule has 0 saturated carbocycles. The Bertz CT molecular complexity index is 215. The van der Waals surface area contributed by atoms with Gasteiger partial charge < -0.3 is 10.2 Å². The molecule has 0 bridgehead atoms. The first-order valence-electron chi connectivity index (χ1n) is 6.16. The van der Waals surface area contributed by atoms with Crippen molar-refractivity contribution in [2.75, 3.05) is 13.2 Å². The molecule has 0 amide bonds. The third-order valence-corrected chi connectivity index (χ3v) is 2.21.